The predicted molar refractivity (Wildman–Crippen MR) is 58.0 cm³/mol. The number of alkyl halides is 1. The van der Waals surface area contributed by atoms with E-state index < -0.39 is 0 Å². The molecular formula is C11H19ClO3. The second kappa shape index (κ2) is 5.48. The van der Waals surface area contributed by atoms with E-state index in [2.05, 4.69) is 0 Å². The fraction of sp³-hybridized carbons (Fsp3) is 1.00. The highest BCUT2D eigenvalue weighted by Crippen LogP contribution is 2.28. The van der Waals surface area contributed by atoms with Gasteiger partial charge in [0.15, 0.2) is 6.29 Å². The molecule has 1 N–H and O–H groups in total. The second-order valence-electron chi connectivity index (χ2n) is 4.45. The molecule has 1 aliphatic carbocycles. The fourth-order valence-electron chi connectivity index (χ4n) is 2.22. The van der Waals surface area contributed by atoms with Gasteiger partial charge in [0.25, 0.3) is 0 Å². The lowest BCUT2D eigenvalue weighted by atomic mass is 9.94. The number of halogens is 1. The van der Waals surface area contributed by atoms with Gasteiger partial charge in [0, 0.05) is 6.61 Å². The van der Waals surface area contributed by atoms with E-state index in [9.17, 15) is 5.11 Å². The summed E-state index contributed by atoms with van der Waals surface area (Å²) in [6.07, 6.45) is 5.46. The summed E-state index contributed by atoms with van der Waals surface area (Å²) in [7, 11) is 0. The van der Waals surface area contributed by atoms with Crippen molar-refractivity contribution >= 4 is 11.6 Å². The maximum atomic E-state index is 9.48. The van der Waals surface area contributed by atoms with E-state index >= 15 is 0 Å². The smallest absolute Gasteiger partial charge is 0.157 e. The Balaban J connectivity index is 1.74. The van der Waals surface area contributed by atoms with E-state index in [0.29, 0.717) is 0 Å². The minimum Gasteiger partial charge on any atom is -0.392 e. The molecule has 1 saturated carbocycles. The van der Waals surface area contributed by atoms with Crippen molar-refractivity contribution in [1.29, 1.82) is 0 Å². The molecule has 0 aromatic heterocycles. The van der Waals surface area contributed by atoms with E-state index in [1.54, 1.807) is 0 Å². The van der Waals surface area contributed by atoms with Crippen LogP contribution in [0.5, 0.6) is 0 Å². The molecule has 1 heterocycles. The molecule has 4 atom stereocenters. The van der Waals surface area contributed by atoms with Crippen LogP contribution in [0.25, 0.3) is 0 Å². The summed E-state index contributed by atoms with van der Waals surface area (Å²) >= 11 is 6.01. The SMILES string of the molecule is OC1CCC(OC2CCCCO2)CC1Cl. The number of ether oxygens (including phenoxy) is 2. The Morgan fingerprint density at radius 2 is 2.07 bits per heavy atom. The molecule has 2 aliphatic rings. The zero-order chi connectivity index (χ0) is 10.7. The summed E-state index contributed by atoms with van der Waals surface area (Å²) in [5.41, 5.74) is 0. The van der Waals surface area contributed by atoms with Gasteiger partial charge in [0.2, 0.25) is 0 Å². The third-order valence-electron chi connectivity index (χ3n) is 3.17. The van der Waals surface area contributed by atoms with Crippen LogP contribution in [0, 0.1) is 0 Å². The van der Waals surface area contributed by atoms with Crippen molar-refractivity contribution in [3.05, 3.63) is 0 Å². The maximum Gasteiger partial charge on any atom is 0.157 e. The molecule has 2 rings (SSSR count). The number of hydrogen-bond donors (Lipinski definition) is 1. The number of hydrogen-bond acceptors (Lipinski definition) is 3. The third kappa shape index (κ3) is 3.31. The zero-order valence-electron chi connectivity index (χ0n) is 8.90. The number of aliphatic hydroxyl groups is 1. The van der Waals surface area contributed by atoms with Gasteiger partial charge in [-0.05, 0) is 38.5 Å². The van der Waals surface area contributed by atoms with Crippen LogP contribution < -0.4 is 0 Å². The molecule has 2 fully saturated rings. The Morgan fingerprint density at radius 1 is 1.20 bits per heavy atom. The third-order valence-corrected chi connectivity index (χ3v) is 3.64. The van der Waals surface area contributed by atoms with E-state index in [-0.39, 0.29) is 23.9 Å². The van der Waals surface area contributed by atoms with Crippen LogP contribution in [0.15, 0.2) is 0 Å². The Morgan fingerprint density at radius 3 is 2.73 bits per heavy atom. The minimum absolute atomic E-state index is 0.0390. The van der Waals surface area contributed by atoms with Crippen molar-refractivity contribution in [2.24, 2.45) is 0 Å². The molecule has 0 amide bonds. The minimum atomic E-state index is -0.362. The summed E-state index contributed by atoms with van der Waals surface area (Å²) in [4.78, 5) is 0. The highest BCUT2D eigenvalue weighted by molar-refractivity contribution is 6.21. The van der Waals surface area contributed by atoms with E-state index in [4.69, 9.17) is 21.1 Å². The zero-order valence-corrected chi connectivity index (χ0v) is 9.66. The highest BCUT2D eigenvalue weighted by atomic mass is 35.5. The standard InChI is InChI=1S/C11H19ClO3/c12-9-7-8(4-5-10(9)13)15-11-3-1-2-6-14-11/h8-11,13H,1-7H2. The predicted octanol–water partition coefficient (Wildman–Crippen LogP) is 2.05. The van der Waals surface area contributed by atoms with Crippen LogP contribution in [0.4, 0.5) is 0 Å². The summed E-state index contributed by atoms with van der Waals surface area (Å²) < 4.78 is 11.3. The van der Waals surface area contributed by atoms with Crippen LogP contribution in [0.1, 0.15) is 38.5 Å². The molecule has 88 valence electrons. The van der Waals surface area contributed by atoms with Crippen LogP contribution in [-0.2, 0) is 9.47 Å². The van der Waals surface area contributed by atoms with Crippen molar-refractivity contribution in [2.45, 2.75) is 62.4 Å². The molecule has 3 nitrogen and oxygen atoms in total. The van der Waals surface area contributed by atoms with Crippen molar-refractivity contribution in [2.75, 3.05) is 6.61 Å². The topological polar surface area (TPSA) is 38.7 Å². The quantitative estimate of drug-likeness (QED) is 0.744. The Labute approximate surface area is 95.7 Å². The summed E-state index contributed by atoms with van der Waals surface area (Å²) in [5.74, 6) is 0. The average molecular weight is 235 g/mol. The first-order valence-electron chi connectivity index (χ1n) is 5.85. The molecule has 0 bridgehead atoms. The van der Waals surface area contributed by atoms with Gasteiger partial charge >= 0.3 is 0 Å². The number of rotatable bonds is 2. The monoisotopic (exact) mass is 234 g/mol. The van der Waals surface area contributed by atoms with Crippen molar-refractivity contribution < 1.29 is 14.6 Å². The summed E-state index contributed by atoms with van der Waals surface area (Å²) in [6.45, 7) is 0.810. The van der Waals surface area contributed by atoms with Crippen molar-refractivity contribution in [1.82, 2.24) is 0 Å². The van der Waals surface area contributed by atoms with Gasteiger partial charge in [0.1, 0.15) is 0 Å². The molecule has 0 radical (unpaired) electrons. The second-order valence-corrected chi connectivity index (χ2v) is 5.01. The molecule has 1 saturated heterocycles. The molecule has 0 aromatic rings. The molecule has 1 aliphatic heterocycles. The first-order valence-corrected chi connectivity index (χ1v) is 6.28. The Hall–Kier alpha value is 0.170. The molecule has 4 unspecified atom stereocenters. The van der Waals surface area contributed by atoms with Gasteiger partial charge in [0.05, 0.1) is 17.6 Å². The lowest BCUT2D eigenvalue weighted by molar-refractivity contribution is -0.195. The highest BCUT2D eigenvalue weighted by Gasteiger charge is 2.30. The Bertz CT molecular complexity index is 194. The molecule has 15 heavy (non-hydrogen) atoms. The summed E-state index contributed by atoms with van der Waals surface area (Å²) in [5, 5.41) is 9.32. The first kappa shape index (κ1) is 11.6. The van der Waals surface area contributed by atoms with Gasteiger partial charge in [-0.3, -0.25) is 0 Å². The van der Waals surface area contributed by atoms with Crippen LogP contribution in [0.3, 0.4) is 0 Å². The van der Waals surface area contributed by atoms with Crippen molar-refractivity contribution in [3.8, 4) is 0 Å². The molecule has 0 spiro atoms. The normalized spacial score (nSPS) is 42.8. The molecule has 4 heteroatoms. The van der Waals surface area contributed by atoms with Crippen LogP contribution >= 0.6 is 11.6 Å². The molecular weight excluding hydrogens is 216 g/mol. The van der Waals surface area contributed by atoms with E-state index in [1.165, 1.54) is 6.42 Å². The Kier molecular flexibility index (Phi) is 4.26. The van der Waals surface area contributed by atoms with Gasteiger partial charge < -0.3 is 14.6 Å². The van der Waals surface area contributed by atoms with E-state index in [0.717, 1.165) is 38.7 Å². The number of aliphatic hydroxyl groups excluding tert-OH is 1. The summed E-state index contributed by atoms with van der Waals surface area (Å²) in [6, 6.07) is 0. The fourth-order valence-corrected chi connectivity index (χ4v) is 2.55. The molecule has 0 aromatic carbocycles. The van der Waals surface area contributed by atoms with Crippen LogP contribution in [0.2, 0.25) is 0 Å². The van der Waals surface area contributed by atoms with Crippen LogP contribution in [-0.4, -0.2) is 35.6 Å². The maximum absolute atomic E-state index is 9.48. The first-order chi connectivity index (χ1) is 7.25. The van der Waals surface area contributed by atoms with Gasteiger partial charge in [-0.15, -0.1) is 11.6 Å². The van der Waals surface area contributed by atoms with Gasteiger partial charge in [-0.2, -0.15) is 0 Å². The largest absolute Gasteiger partial charge is 0.392 e. The lowest BCUT2D eigenvalue weighted by Crippen LogP contribution is -2.37. The van der Waals surface area contributed by atoms with Gasteiger partial charge in [-0.25, -0.2) is 0 Å². The average Bonchev–Trinajstić information content (AvgIpc) is 2.25. The van der Waals surface area contributed by atoms with Gasteiger partial charge in [-0.1, -0.05) is 0 Å². The van der Waals surface area contributed by atoms with Crippen molar-refractivity contribution in [3.63, 3.8) is 0 Å². The van der Waals surface area contributed by atoms with E-state index in [1.807, 2.05) is 0 Å². The lowest BCUT2D eigenvalue weighted by Gasteiger charge is -2.33.